The quantitative estimate of drug-likeness (QED) is 0.667. The smallest absolute Gasteiger partial charge is 0.230 e. The number of carbonyl (C=O) groups excluding carboxylic acids is 1. The molecular weight excluding hydrogens is 270 g/mol. The third kappa shape index (κ3) is 3.59. The molecule has 0 bridgehead atoms. The standard InChI is InChI=1S/C12H16ClN3OS/c1-7(2)10-11(13)14-6-15-12(10)18-5-9(17)16-8-3-4-8/h6-8H,3-5H2,1-2H3,(H,16,17). The Morgan fingerprint density at radius 2 is 2.28 bits per heavy atom. The van der Waals surface area contributed by atoms with Crippen molar-refractivity contribution in [2.75, 3.05) is 5.75 Å². The largest absolute Gasteiger partial charge is 0.353 e. The van der Waals surface area contributed by atoms with E-state index in [-0.39, 0.29) is 11.8 Å². The van der Waals surface area contributed by atoms with Gasteiger partial charge in [0, 0.05) is 11.6 Å². The molecule has 1 amide bonds. The van der Waals surface area contributed by atoms with E-state index in [4.69, 9.17) is 11.6 Å². The molecule has 1 saturated carbocycles. The van der Waals surface area contributed by atoms with Crippen LogP contribution in [0.4, 0.5) is 0 Å². The topological polar surface area (TPSA) is 54.9 Å². The van der Waals surface area contributed by atoms with Gasteiger partial charge in [-0.1, -0.05) is 37.2 Å². The Bertz CT molecular complexity index is 449. The Morgan fingerprint density at radius 3 is 2.89 bits per heavy atom. The van der Waals surface area contributed by atoms with Crippen molar-refractivity contribution in [1.82, 2.24) is 15.3 Å². The van der Waals surface area contributed by atoms with Gasteiger partial charge in [-0.05, 0) is 18.8 Å². The summed E-state index contributed by atoms with van der Waals surface area (Å²) in [5, 5.41) is 4.23. The van der Waals surface area contributed by atoms with Gasteiger partial charge in [0.05, 0.1) is 5.75 Å². The van der Waals surface area contributed by atoms with Crippen molar-refractivity contribution in [3.05, 3.63) is 17.0 Å². The Morgan fingerprint density at radius 1 is 1.56 bits per heavy atom. The Hall–Kier alpha value is -0.810. The fraction of sp³-hybridized carbons (Fsp3) is 0.583. The van der Waals surface area contributed by atoms with Gasteiger partial charge >= 0.3 is 0 Å². The van der Waals surface area contributed by atoms with Crippen LogP contribution in [0.5, 0.6) is 0 Å². The van der Waals surface area contributed by atoms with E-state index in [1.165, 1.54) is 18.1 Å². The Kier molecular flexibility index (Phi) is 4.45. The molecule has 1 aliphatic rings. The van der Waals surface area contributed by atoms with Crippen LogP contribution in [-0.4, -0.2) is 27.7 Å². The van der Waals surface area contributed by atoms with Crippen LogP contribution in [0.2, 0.25) is 5.15 Å². The minimum absolute atomic E-state index is 0.0620. The number of hydrogen-bond donors (Lipinski definition) is 1. The summed E-state index contributed by atoms with van der Waals surface area (Å²) in [6, 6.07) is 0.400. The molecule has 0 atom stereocenters. The van der Waals surface area contributed by atoms with Crippen molar-refractivity contribution < 1.29 is 4.79 Å². The van der Waals surface area contributed by atoms with Crippen molar-refractivity contribution >= 4 is 29.3 Å². The molecule has 1 fully saturated rings. The first-order chi connectivity index (χ1) is 8.58. The molecule has 0 aromatic carbocycles. The lowest BCUT2D eigenvalue weighted by molar-refractivity contribution is -0.118. The Labute approximate surface area is 116 Å². The van der Waals surface area contributed by atoms with Gasteiger partial charge in [-0.25, -0.2) is 9.97 Å². The monoisotopic (exact) mass is 285 g/mol. The summed E-state index contributed by atoms with van der Waals surface area (Å²) in [7, 11) is 0. The van der Waals surface area contributed by atoms with Crippen LogP contribution in [0.15, 0.2) is 11.4 Å². The zero-order chi connectivity index (χ0) is 13.1. The number of hydrogen-bond acceptors (Lipinski definition) is 4. The highest BCUT2D eigenvalue weighted by atomic mass is 35.5. The minimum Gasteiger partial charge on any atom is -0.353 e. The first-order valence-electron chi connectivity index (χ1n) is 6.00. The number of carbonyl (C=O) groups is 1. The van der Waals surface area contributed by atoms with Gasteiger partial charge in [0.2, 0.25) is 5.91 Å². The molecule has 0 spiro atoms. The maximum absolute atomic E-state index is 11.6. The van der Waals surface area contributed by atoms with Crippen molar-refractivity contribution in [2.45, 2.75) is 43.7 Å². The zero-order valence-corrected chi connectivity index (χ0v) is 12.0. The van der Waals surface area contributed by atoms with E-state index < -0.39 is 0 Å². The second-order valence-corrected chi connectivity index (χ2v) is 5.99. The van der Waals surface area contributed by atoms with Crippen LogP contribution in [0, 0.1) is 0 Å². The van der Waals surface area contributed by atoms with Crippen LogP contribution in [0.1, 0.15) is 38.2 Å². The number of nitrogens with zero attached hydrogens (tertiary/aromatic N) is 2. The van der Waals surface area contributed by atoms with E-state index in [0.717, 1.165) is 23.4 Å². The van der Waals surface area contributed by atoms with Gasteiger partial charge in [0.1, 0.15) is 16.5 Å². The molecule has 0 radical (unpaired) electrons. The average Bonchev–Trinajstić information content (AvgIpc) is 3.09. The van der Waals surface area contributed by atoms with E-state index in [9.17, 15) is 4.79 Å². The fourth-order valence-corrected chi connectivity index (χ4v) is 2.96. The van der Waals surface area contributed by atoms with E-state index >= 15 is 0 Å². The molecule has 98 valence electrons. The highest BCUT2D eigenvalue weighted by molar-refractivity contribution is 7.99. The summed E-state index contributed by atoms with van der Waals surface area (Å²) < 4.78 is 0. The van der Waals surface area contributed by atoms with E-state index in [2.05, 4.69) is 15.3 Å². The summed E-state index contributed by atoms with van der Waals surface area (Å²) >= 11 is 7.49. The van der Waals surface area contributed by atoms with Gasteiger partial charge in [-0.15, -0.1) is 0 Å². The lowest BCUT2D eigenvalue weighted by Crippen LogP contribution is -2.27. The molecule has 1 N–H and O–H groups in total. The van der Waals surface area contributed by atoms with Crippen LogP contribution >= 0.6 is 23.4 Å². The van der Waals surface area contributed by atoms with E-state index in [1.54, 1.807) is 0 Å². The van der Waals surface area contributed by atoms with Crippen molar-refractivity contribution in [3.63, 3.8) is 0 Å². The molecular formula is C12H16ClN3OS. The first kappa shape index (κ1) is 13.6. The highest BCUT2D eigenvalue weighted by Crippen LogP contribution is 2.31. The molecule has 1 aromatic heterocycles. The number of nitrogens with one attached hydrogen (secondary N) is 1. The lowest BCUT2D eigenvalue weighted by atomic mass is 10.1. The molecule has 18 heavy (non-hydrogen) atoms. The SMILES string of the molecule is CC(C)c1c(Cl)ncnc1SCC(=O)NC1CC1. The summed E-state index contributed by atoms with van der Waals surface area (Å²) in [4.78, 5) is 19.8. The summed E-state index contributed by atoms with van der Waals surface area (Å²) in [6.45, 7) is 4.08. The lowest BCUT2D eigenvalue weighted by Gasteiger charge is -2.12. The first-order valence-corrected chi connectivity index (χ1v) is 7.37. The van der Waals surface area contributed by atoms with Gasteiger partial charge in [-0.2, -0.15) is 0 Å². The van der Waals surface area contributed by atoms with Crippen LogP contribution in [0.25, 0.3) is 0 Å². The average molecular weight is 286 g/mol. The van der Waals surface area contributed by atoms with Crippen LogP contribution in [-0.2, 0) is 4.79 Å². The predicted octanol–water partition coefficient (Wildman–Crippen LogP) is 2.62. The molecule has 1 aromatic rings. The molecule has 1 aliphatic carbocycles. The fourth-order valence-electron chi connectivity index (χ4n) is 1.59. The van der Waals surface area contributed by atoms with Gasteiger partial charge in [-0.3, -0.25) is 4.79 Å². The maximum atomic E-state index is 11.6. The molecule has 1 heterocycles. The predicted molar refractivity (Wildman–Crippen MR) is 73.0 cm³/mol. The van der Waals surface area contributed by atoms with Crippen molar-refractivity contribution in [3.8, 4) is 0 Å². The van der Waals surface area contributed by atoms with Crippen LogP contribution in [0.3, 0.4) is 0 Å². The third-order valence-corrected chi connectivity index (χ3v) is 3.96. The highest BCUT2D eigenvalue weighted by Gasteiger charge is 2.23. The molecule has 0 saturated heterocycles. The summed E-state index contributed by atoms with van der Waals surface area (Å²) in [6.07, 6.45) is 3.65. The zero-order valence-electron chi connectivity index (χ0n) is 10.4. The minimum atomic E-state index is 0.0620. The summed E-state index contributed by atoms with van der Waals surface area (Å²) in [5.41, 5.74) is 0.920. The molecule has 4 nitrogen and oxygen atoms in total. The number of rotatable bonds is 5. The van der Waals surface area contributed by atoms with Gasteiger partial charge < -0.3 is 5.32 Å². The van der Waals surface area contributed by atoms with Crippen molar-refractivity contribution in [1.29, 1.82) is 0 Å². The third-order valence-electron chi connectivity index (χ3n) is 2.66. The normalized spacial score (nSPS) is 14.9. The van der Waals surface area contributed by atoms with Crippen LogP contribution < -0.4 is 5.32 Å². The molecule has 6 heteroatoms. The number of halogens is 1. The maximum Gasteiger partial charge on any atom is 0.230 e. The molecule has 2 rings (SSSR count). The summed E-state index contributed by atoms with van der Waals surface area (Å²) in [5.74, 6) is 0.684. The number of amides is 1. The Balaban J connectivity index is 1.99. The number of aromatic nitrogens is 2. The molecule has 0 aliphatic heterocycles. The van der Waals surface area contributed by atoms with E-state index in [1.807, 2.05) is 13.8 Å². The van der Waals surface area contributed by atoms with Gasteiger partial charge in [0.15, 0.2) is 0 Å². The van der Waals surface area contributed by atoms with E-state index in [0.29, 0.717) is 16.9 Å². The molecule has 0 unspecified atom stereocenters. The number of thioether (sulfide) groups is 1. The second-order valence-electron chi connectivity index (χ2n) is 4.67. The second kappa shape index (κ2) is 5.89. The van der Waals surface area contributed by atoms with Crippen molar-refractivity contribution in [2.24, 2.45) is 0 Å². The van der Waals surface area contributed by atoms with Gasteiger partial charge in [0.25, 0.3) is 0 Å².